The van der Waals surface area contributed by atoms with Crippen LogP contribution in [0.1, 0.15) is 6.92 Å². The van der Waals surface area contributed by atoms with Gasteiger partial charge in [0, 0.05) is 6.54 Å². The predicted molar refractivity (Wildman–Crippen MR) is 43.1 cm³/mol. The Balaban J connectivity index is 2.58. The average Bonchev–Trinajstić information content (AvgIpc) is 1.93. The fraction of sp³-hybridized carbons (Fsp3) is 0.429. The molecular formula is C7H11NS. The zero-order valence-electron chi connectivity index (χ0n) is 5.79. The van der Waals surface area contributed by atoms with Crippen LogP contribution >= 0.6 is 11.9 Å². The molecule has 0 aromatic rings. The molecule has 0 saturated carbocycles. The largest absolute Gasteiger partial charge is 0.246 e. The topological polar surface area (TPSA) is 3.24 Å². The van der Waals surface area contributed by atoms with Crippen LogP contribution in [-0.2, 0) is 0 Å². The Hall–Kier alpha value is -0.210. The quantitative estimate of drug-likeness (QED) is 0.475. The molecular weight excluding hydrogens is 130 g/mol. The highest BCUT2D eigenvalue weighted by molar-refractivity contribution is 7.99. The Morgan fingerprint density at radius 2 is 2.44 bits per heavy atom. The Labute approximate surface area is 60.6 Å². The molecule has 0 radical (unpaired) electrons. The molecule has 50 valence electrons. The van der Waals surface area contributed by atoms with Gasteiger partial charge in [0.25, 0.3) is 0 Å². The monoisotopic (exact) mass is 141 g/mol. The molecule has 1 nitrogen and oxygen atoms in total. The van der Waals surface area contributed by atoms with E-state index in [0.717, 1.165) is 6.54 Å². The summed E-state index contributed by atoms with van der Waals surface area (Å²) in [5.74, 6) is 0. The van der Waals surface area contributed by atoms with Gasteiger partial charge in [-0.1, -0.05) is 29.7 Å². The van der Waals surface area contributed by atoms with Crippen molar-refractivity contribution in [3.8, 4) is 0 Å². The number of allylic oxidation sites excluding steroid dienone is 2. The standard InChI is InChI=1S/C7H11NS/c1-7-4-3-5-9-8(2)6-7/h3-5H,6H2,1-2H3. The average molecular weight is 141 g/mol. The van der Waals surface area contributed by atoms with Crippen LogP contribution in [0.3, 0.4) is 0 Å². The fourth-order valence-corrected chi connectivity index (χ4v) is 1.42. The van der Waals surface area contributed by atoms with Crippen LogP contribution in [0.25, 0.3) is 0 Å². The third-order valence-electron chi connectivity index (χ3n) is 1.17. The van der Waals surface area contributed by atoms with Gasteiger partial charge in [0.2, 0.25) is 0 Å². The fourth-order valence-electron chi connectivity index (χ4n) is 0.784. The first-order valence-electron chi connectivity index (χ1n) is 2.99. The van der Waals surface area contributed by atoms with E-state index in [1.165, 1.54) is 5.57 Å². The number of hydrogen-bond acceptors (Lipinski definition) is 2. The van der Waals surface area contributed by atoms with Crippen LogP contribution in [-0.4, -0.2) is 17.9 Å². The van der Waals surface area contributed by atoms with Gasteiger partial charge < -0.3 is 0 Å². The molecule has 0 amide bonds. The van der Waals surface area contributed by atoms with Crippen molar-refractivity contribution in [1.29, 1.82) is 0 Å². The normalized spacial score (nSPS) is 21.3. The molecule has 0 saturated heterocycles. The Morgan fingerprint density at radius 3 is 3.22 bits per heavy atom. The lowest BCUT2D eigenvalue weighted by Gasteiger charge is -2.10. The van der Waals surface area contributed by atoms with E-state index in [1.807, 2.05) is 0 Å². The van der Waals surface area contributed by atoms with Gasteiger partial charge in [-0.25, -0.2) is 4.31 Å². The third kappa shape index (κ3) is 2.24. The Bertz CT molecular complexity index is 149. The van der Waals surface area contributed by atoms with Crippen molar-refractivity contribution in [1.82, 2.24) is 4.31 Å². The molecule has 0 N–H and O–H groups in total. The zero-order valence-corrected chi connectivity index (χ0v) is 6.61. The van der Waals surface area contributed by atoms with E-state index < -0.39 is 0 Å². The summed E-state index contributed by atoms with van der Waals surface area (Å²) in [5, 5.41) is 2.09. The summed E-state index contributed by atoms with van der Waals surface area (Å²) >= 11 is 1.74. The second-order valence-electron chi connectivity index (χ2n) is 2.23. The number of hydrogen-bond donors (Lipinski definition) is 0. The smallest absolute Gasteiger partial charge is 0.0300 e. The van der Waals surface area contributed by atoms with Crippen molar-refractivity contribution in [2.75, 3.05) is 13.6 Å². The summed E-state index contributed by atoms with van der Waals surface area (Å²) in [4.78, 5) is 0. The van der Waals surface area contributed by atoms with Gasteiger partial charge in [0.1, 0.15) is 0 Å². The Morgan fingerprint density at radius 1 is 1.67 bits per heavy atom. The molecule has 0 bridgehead atoms. The first-order chi connectivity index (χ1) is 4.29. The van der Waals surface area contributed by atoms with E-state index in [2.05, 4.69) is 35.8 Å². The van der Waals surface area contributed by atoms with Gasteiger partial charge in [-0.15, -0.1) is 0 Å². The molecule has 0 atom stereocenters. The molecule has 0 aliphatic carbocycles. The summed E-state index contributed by atoms with van der Waals surface area (Å²) < 4.78 is 2.20. The molecule has 1 heterocycles. The molecule has 1 aliphatic heterocycles. The van der Waals surface area contributed by atoms with Crippen LogP contribution in [0, 0.1) is 0 Å². The SMILES string of the molecule is CC1=CC=CSN(C)C1. The van der Waals surface area contributed by atoms with Gasteiger partial charge in [-0.2, -0.15) is 0 Å². The number of nitrogens with zero attached hydrogens (tertiary/aromatic N) is 1. The van der Waals surface area contributed by atoms with Gasteiger partial charge in [0.15, 0.2) is 0 Å². The molecule has 2 heteroatoms. The zero-order chi connectivity index (χ0) is 6.69. The summed E-state index contributed by atoms with van der Waals surface area (Å²) in [6.07, 6.45) is 4.24. The van der Waals surface area contributed by atoms with Crippen LogP contribution in [0.4, 0.5) is 0 Å². The van der Waals surface area contributed by atoms with E-state index in [0.29, 0.717) is 0 Å². The lowest BCUT2D eigenvalue weighted by molar-refractivity contribution is 0.622. The molecule has 1 rings (SSSR count). The molecule has 0 aromatic carbocycles. The van der Waals surface area contributed by atoms with Crippen LogP contribution in [0.15, 0.2) is 23.1 Å². The second-order valence-corrected chi connectivity index (χ2v) is 3.34. The molecule has 0 fully saturated rings. The van der Waals surface area contributed by atoms with Gasteiger partial charge in [-0.3, -0.25) is 0 Å². The number of rotatable bonds is 0. The highest BCUT2D eigenvalue weighted by Crippen LogP contribution is 2.14. The highest BCUT2D eigenvalue weighted by atomic mass is 32.2. The maximum absolute atomic E-state index is 2.20. The van der Waals surface area contributed by atoms with Crippen molar-refractivity contribution < 1.29 is 0 Å². The molecule has 0 unspecified atom stereocenters. The van der Waals surface area contributed by atoms with Crippen molar-refractivity contribution in [2.24, 2.45) is 0 Å². The van der Waals surface area contributed by atoms with E-state index in [9.17, 15) is 0 Å². The maximum atomic E-state index is 2.20. The van der Waals surface area contributed by atoms with Gasteiger partial charge in [-0.05, 0) is 19.4 Å². The first-order valence-corrected chi connectivity index (χ1v) is 3.83. The van der Waals surface area contributed by atoms with E-state index in [-0.39, 0.29) is 0 Å². The molecule has 0 aromatic heterocycles. The first kappa shape index (κ1) is 6.90. The molecule has 9 heavy (non-hydrogen) atoms. The van der Waals surface area contributed by atoms with Crippen LogP contribution < -0.4 is 0 Å². The summed E-state index contributed by atoms with van der Waals surface area (Å²) in [7, 11) is 2.09. The summed E-state index contributed by atoms with van der Waals surface area (Å²) in [5.41, 5.74) is 1.42. The third-order valence-corrected chi connectivity index (χ3v) is 1.94. The summed E-state index contributed by atoms with van der Waals surface area (Å²) in [6.45, 7) is 3.21. The van der Waals surface area contributed by atoms with Crippen molar-refractivity contribution in [2.45, 2.75) is 6.92 Å². The van der Waals surface area contributed by atoms with Crippen LogP contribution in [0.2, 0.25) is 0 Å². The minimum absolute atomic E-state index is 1.07. The highest BCUT2D eigenvalue weighted by Gasteiger charge is 1.98. The van der Waals surface area contributed by atoms with E-state index >= 15 is 0 Å². The molecule has 1 aliphatic rings. The van der Waals surface area contributed by atoms with Crippen molar-refractivity contribution in [3.63, 3.8) is 0 Å². The van der Waals surface area contributed by atoms with Crippen molar-refractivity contribution in [3.05, 3.63) is 23.1 Å². The second kappa shape index (κ2) is 3.08. The van der Waals surface area contributed by atoms with Gasteiger partial charge >= 0.3 is 0 Å². The lowest BCUT2D eigenvalue weighted by atomic mass is 10.3. The number of likely N-dealkylation sites (N-methyl/N-ethyl adjacent to an activating group) is 1. The lowest BCUT2D eigenvalue weighted by Crippen LogP contribution is -2.09. The minimum Gasteiger partial charge on any atom is -0.246 e. The molecule has 0 spiro atoms. The van der Waals surface area contributed by atoms with E-state index in [4.69, 9.17) is 0 Å². The van der Waals surface area contributed by atoms with Crippen LogP contribution in [0.5, 0.6) is 0 Å². The van der Waals surface area contributed by atoms with Crippen molar-refractivity contribution >= 4 is 11.9 Å². The van der Waals surface area contributed by atoms with E-state index in [1.54, 1.807) is 11.9 Å². The van der Waals surface area contributed by atoms with Gasteiger partial charge in [0.05, 0.1) is 0 Å². The maximum Gasteiger partial charge on any atom is 0.0300 e. The predicted octanol–water partition coefficient (Wildman–Crippen LogP) is 2.04. The minimum atomic E-state index is 1.07. The Kier molecular flexibility index (Phi) is 2.37. The summed E-state index contributed by atoms with van der Waals surface area (Å²) in [6, 6.07) is 0.